The number of esters is 1. The smallest absolute Gasteiger partial charge is 0.341 e. The quantitative estimate of drug-likeness (QED) is 0.306. The predicted octanol–water partition coefficient (Wildman–Crippen LogP) is 3.04. The van der Waals surface area contributed by atoms with Crippen molar-refractivity contribution in [2.24, 2.45) is 0 Å². The summed E-state index contributed by atoms with van der Waals surface area (Å²) in [7, 11) is 0. The standard InChI is InChI=1S/C25H22N4O5S/c1-2-33-25(31)18-12-27-23(26)21-17(14-35-22(18)21)13-34-20-10-16(8-9-19(20)29-32)24(30)28-11-15-6-4-3-5-7-15/h3-10,12,14H,2,11,13H2,1H3,(H2,26,27)(H,28,30)/p+1. The lowest BCUT2D eigenvalue weighted by atomic mass is 10.1. The Hall–Kier alpha value is -4.31. The van der Waals surface area contributed by atoms with Gasteiger partial charge in [-0.25, -0.2) is 9.78 Å². The highest BCUT2D eigenvalue weighted by Crippen LogP contribution is 2.34. The molecule has 9 nitrogen and oxygen atoms in total. The number of carbonyl (C=O) groups excluding carboxylic acids is 2. The normalized spacial score (nSPS) is 10.7. The van der Waals surface area contributed by atoms with Gasteiger partial charge in [0.1, 0.15) is 12.4 Å². The van der Waals surface area contributed by atoms with Gasteiger partial charge in [-0.2, -0.15) is 0 Å². The number of aromatic nitrogens is 1. The monoisotopic (exact) mass is 491 g/mol. The first-order valence-electron chi connectivity index (χ1n) is 10.8. The second kappa shape index (κ2) is 10.7. The summed E-state index contributed by atoms with van der Waals surface area (Å²) in [6, 6.07) is 14.1. The maximum Gasteiger partial charge on any atom is 0.341 e. The molecule has 0 atom stereocenters. The van der Waals surface area contributed by atoms with Crippen LogP contribution in [0.25, 0.3) is 10.1 Å². The Balaban J connectivity index is 1.54. The first-order valence-corrected chi connectivity index (χ1v) is 11.7. The summed E-state index contributed by atoms with van der Waals surface area (Å²) in [5.41, 5.74) is 8.60. The number of hydrogen-bond acceptors (Lipinski definition) is 8. The number of fused-ring (bicyclic) bond motifs is 1. The molecule has 0 saturated heterocycles. The third-order valence-corrected chi connectivity index (χ3v) is 6.29. The summed E-state index contributed by atoms with van der Waals surface area (Å²) in [6.07, 6.45) is 1.40. The molecule has 0 unspecified atom stereocenters. The number of rotatable bonds is 9. The molecule has 178 valence electrons. The summed E-state index contributed by atoms with van der Waals surface area (Å²) in [4.78, 5) is 40.5. The number of amides is 1. The van der Waals surface area contributed by atoms with Crippen molar-refractivity contribution in [3.05, 3.63) is 87.3 Å². The summed E-state index contributed by atoms with van der Waals surface area (Å²) >= 11 is 1.32. The van der Waals surface area contributed by atoms with Crippen molar-refractivity contribution < 1.29 is 24.2 Å². The van der Waals surface area contributed by atoms with Crippen LogP contribution >= 0.6 is 11.3 Å². The molecular formula is C25H23N4O5S+. The molecule has 0 saturated carbocycles. The largest absolute Gasteiger partial charge is 0.482 e. The number of nitroso groups, excluding NO2 is 1. The van der Waals surface area contributed by atoms with Crippen molar-refractivity contribution in [3.63, 3.8) is 0 Å². The summed E-state index contributed by atoms with van der Waals surface area (Å²) < 4.78 is 11.6. The molecule has 4 rings (SSSR count). The number of hydrogen-bond donors (Lipinski definition) is 3. The lowest BCUT2D eigenvalue weighted by Crippen LogP contribution is -2.55. The molecule has 0 aliphatic carbocycles. The minimum Gasteiger partial charge on any atom is -0.482 e. The van der Waals surface area contributed by atoms with Crippen LogP contribution in [0, 0.1) is 4.91 Å². The van der Waals surface area contributed by atoms with Crippen molar-refractivity contribution in [2.75, 3.05) is 12.3 Å². The molecule has 4 N–H and O–H groups in total. The number of nitrogens with zero attached hydrogens (tertiary/aromatic N) is 1. The van der Waals surface area contributed by atoms with Crippen LogP contribution in [0.1, 0.15) is 38.8 Å². The fraction of sp³-hybridized carbons (Fsp3) is 0.160. The van der Waals surface area contributed by atoms with E-state index in [4.69, 9.17) is 15.2 Å². The molecule has 2 heterocycles. The van der Waals surface area contributed by atoms with Crippen LogP contribution in [-0.4, -0.2) is 23.5 Å². The van der Waals surface area contributed by atoms with E-state index in [1.807, 2.05) is 40.9 Å². The average molecular weight is 492 g/mol. The first-order chi connectivity index (χ1) is 17.0. The predicted molar refractivity (Wildman–Crippen MR) is 132 cm³/mol. The average Bonchev–Trinajstić information content (AvgIpc) is 3.31. The van der Waals surface area contributed by atoms with Gasteiger partial charge in [0.15, 0.2) is 5.75 Å². The molecule has 2 aromatic carbocycles. The van der Waals surface area contributed by atoms with Crippen LogP contribution in [0.3, 0.4) is 0 Å². The van der Waals surface area contributed by atoms with Crippen LogP contribution in [0.15, 0.2) is 60.1 Å². The summed E-state index contributed by atoms with van der Waals surface area (Å²) in [5.74, 6) is -0.320. The molecule has 0 radical (unpaired) electrons. The van der Waals surface area contributed by atoms with Gasteiger partial charge in [-0.3, -0.25) is 4.79 Å². The highest BCUT2D eigenvalue weighted by atomic mass is 32.1. The van der Waals surface area contributed by atoms with Gasteiger partial charge in [-0.15, -0.1) is 11.3 Å². The number of benzene rings is 2. The zero-order chi connectivity index (χ0) is 24.8. The Kier molecular flexibility index (Phi) is 7.32. The minimum absolute atomic E-state index is 0.0436. The van der Waals surface area contributed by atoms with Gasteiger partial charge < -0.3 is 20.5 Å². The molecule has 4 aromatic rings. The van der Waals surface area contributed by atoms with Crippen LogP contribution in [0.2, 0.25) is 0 Å². The number of anilines is 1. The van der Waals surface area contributed by atoms with Crippen LogP contribution < -0.4 is 21.0 Å². The van der Waals surface area contributed by atoms with Crippen molar-refractivity contribution in [3.8, 4) is 5.75 Å². The molecule has 0 aliphatic heterocycles. The molecular weight excluding hydrogens is 468 g/mol. The zero-order valence-electron chi connectivity index (χ0n) is 18.9. The first kappa shape index (κ1) is 23.8. The van der Waals surface area contributed by atoms with E-state index in [-0.39, 0.29) is 36.4 Å². The maximum atomic E-state index is 12.6. The number of ether oxygens (including phenoxy) is 2. The lowest BCUT2D eigenvalue weighted by Gasteiger charge is -2.09. The molecule has 0 bridgehead atoms. The van der Waals surface area contributed by atoms with E-state index in [0.717, 1.165) is 5.56 Å². The fourth-order valence-corrected chi connectivity index (χ4v) is 4.56. The Morgan fingerprint density at radius 3 is 2.71 bits per heavy atom. The molecule has 35 heavy (non-hydrogen) atoms. The SMILES string of the molecule is CCOC(=O)c1cnc(N)c2c(COc3cc(C(=O)NCc4ccccc4)ccc3[NH+]=O)csc12. The van der Waals surface area contributed by atoms with E-state index in [1.165, 1.54) is 29.7 Å². The third-order valence-electron chi connectivity index (χ3n) is 5.23. The van der Waals surface area contributed by atoms with E-state index < -0.39 is 5.97 Å². The fourth-order valence-electron chi connectivity index (χ4n) is 3.49. The number of thiophene rings is 1. The van der Waals surface area contributed by atoms with Crippen LogP contribution in [-0.2, 0) is 17.9 Å². The number of nitrogen functional groups attached to an aromatic ring is 1. The van der Waals surface area contributed by atoms with E-state index >= 15 is 0 Å². The second-order valence-electron chi connectivity index (χ2n) is 7.51. The van der Waals surface area contributed by atoms with E-state index in [9.17, 15) is 14.5 Å². The Labute approximate surface area is 204 Å². The van der Waals surface area contributed by atoms with Crippen LogP contribution in [0.4, 0.5) is 11.5 Å². The van der Waals surface area contributed by atoms with Gasteiger partial charge in [0.2, 0.25) is 0 Å². The minimum atomic E-state index is -0.480. The molecule has 2 aromatic heterocycles. The topological polar surface area (TPSA) is 135 Å². The van der Waals surface area contributed by atoms with Gasteiger partial charge in [0.05, 0.1) is 16.9 Å². The number of pyridine rings is 1. The van der Waals surface area contributed by atoms with Gasteiger partial charge >= 0.3 is 5.97 Å². The Morgan fingerprint density at radius 1 is 1.17 bits per heavy atom. The highest BCUT2D eigenvalue weighted by molar-refractivity contribution is 7.17. The number of nitrogens with one attached hydrogen (secondary N) is 2. The van der Waals surface area contributed by atoms with Crippen molar-refractivity contribution in [1.82, 2.24) is 10.3 Å². The summed E-state index contributed by atoms with van der Waals surface area (Å²) in [6.45, 7) is 2.38. The highest BCUT2D eigenvalue weighted by Gasteiger charge is 2.20. The lowest BCUT2D eigenvalue weighted by molar-refractivity contribution is -0.380. The van der Waals surface area contributed by atoms with Crippen molar-refractivity contribution in [1.29, 1.82) is 0 Å². The maximum absolute atomic E-state index is 12.6. The molecule has 0 fully saturated rings. The van der Waals surface area contributed by atoms with E-state index in [1.54, 1.807) is 13.0 Å². The molecule has 0 spiro atoms. The molecule has 0 aliphatic rings. The second-order valence-corrected chi connectivity index (χ2v) is 8.39. The molecule has 1 amide bonds. The summed E-state index contributed by atoms with van der Waals surface area (Å²) in [5, 5.41) is 7.09. The number of nitrogens with two attached hydrogens (primary N) is 1. The van der Waals surface area contributed by atoms with Gasteiger partial charge in [-0.1, -0.05) is 30.3 Å². The van der Waals surface area contributed by atoms with Gasteiger partial charge in [0, 0.05) is 45.4 Å². The van der Waals surface area contributed by atoms with Crippen LogP contribution in [0.5, 0.6) is 5.75 Å². The van der Waals surface area contributed by atoms with Gasteiger partial charge in [-0.05, 0) is 30.0 Å². The Morgan fingerprint density at radius 2 is 1.97 bits per heavy atom. The van der Waals surface area contributed by atoms with Crippen molar-refractivity contribution in [2.45, 2.75) is 20.1 Å². The van der Waals surface area contributed by atoms with E-state index in [2.05, 4.69) is 10.3 Å². The van der Waals surface area contributed by atoms with E-state index in [0.29, 0.717) is 33.3 Å². The molecule has 10 heteroatoms. The Bertz CT molecular complexity index is 1390. The van der Waals surface area contributed by atoms with Gasteiger partial charge in [0.25, 0.3) is 11.6 Å². The number of carbonyl (C=O) groups is 2. The zero-order valence-corrected chi connectivity index (χ0v) is 19.7. The third kappa shape index (κ3) is 5.28. The van der Waals surface area contributed by atoms with Crippen molar-refractivity contribution >= 4 is 44.8 Å².